The highest BCUT2D eigenvalue weighted by Crippen LogP contribution is 2.35. The third-order valence-corrected chi connectivity index (χ3v) is 3.15. The van der Waals surface area contributed by atoms with E-state index in [1.807, 2.05) is 0 Å². The fourth-order valence-corrected chi connectivity index (χ4v) is 1.91. The van der Waals surface area contributed by atoms with Crippen LogP contribution in [0.5, 0.6) is 0 Å². The Morgan fingerprint density at radius 2 is 2.05 bits per heavy atom. The number of carboxylic acids is 1. The summed E-state index contributed by atoms with van der Waals surface area (Å²) in [4.78, 5) is 22.6. The SMILES string of the molecule is C#CCC(NC(=O)c1ccc(Br)c(C(F)(F)F)c1)C(=O)O. The lowest BCUT2D eigenvalue weighted by molar-refractivity contribution is -0.139. The summed E-state index contributed by atoms with van der Waals surface area (Å²) in [6, 6.07) is 1.48. The first-order valence-electron chi connectivity index (χ1n) is 5.50. The van der Waals surface area contributed by atoms with Gasteiger partial charge in [0.25, 0.3) is 5.91 Å². The molecule has 2 N–H and O–H groups in total. The number of carbonyl (C=O) groups excluding carboxylic acids is 1. The van der Waals surface area contributed by atoms with Gasteiger partial charge in [0.1, 0.15) is 6.04 Å². The molecule has 1 aromatic rings. The van der Waals surface area contributed by atoms with Crippen LogP contribution in [0.3, 0.4) is 0 Å². The number of terminal acetylenes is 1. The molecule has 1 unspecified atom stereocenters. The van der Waals surface area contributed by atoms with Crippen molar-refractivity contribution in [1.29, 1.82) is 0 Å². The number of carbonyl (C=O) groups is 2. The molecule has 0 radical (unpaired) electrons. The van der Waals surface area contributed by atoms with Gasteiger partial charge in [-0.15, -0.1) is 12.3 Å². The Balaban J connectivity index is 3.04. The zero-order chi connectivity index (χ0) is 16.2. The molecular formula is C13H9BrF3NO3. The highest BCUT2D eigenvalue weighted by Gasteiger charge is 2.33. The van der Waals surface area contributed by atoms with E-state index in [-0.39, 0.29) is 16.5 Å². The van der Waals surface area contributed by atoms with E-state index in [4.69, 9.17) is 11.5 Å². The van der Waals surface area contributed by atoms with E-state index in [2.05, 4.69) is 27.2 Å². The smallest absolute Gasteiger partial charge is 0.417 e. The summed E-state index contributed by atoms with van der Waals surface area (Å²) in [7, 11) is 0. The molecule has 0 saturated carbocycles. The molecule has 0 saturated heterocycles. The van der Waals surface area contributed by atoms with Crippen LogP contribution in [-0.2, 0) is 11.0 Å². The van der Waals surface area contributed by atoms with Crippen molar-refractivity contribution in [3.05, 3.63) is 33.8 Å². The Bertz CT molecular complexity index is 608. The molecule has 1 amide bonds. The monoisotopic (exact) mass is 363 g/mol. The van der Waals surface area contributed by atoms with Gasteiger partial charge in [0.05, 0.1) is 5.56 Å². The molecular weight excluding hydrogens is 355 g/mol. The second-order valence-electron chi connectivity index (χ2n) is 3.96. The zero-order valence-electron chi connectivity index (χ0n) is 10.4. The lowest BCUT2D eigenvalue weighted by Gasteiger charge is -2.14. The highest BCUT2D eigenvalue weighted by atomic mass is 79.9. The van der Waals surface area contributed by atoms with E-state index in [0.29, 0.717) is 6.07 Å². The molecule has 1 rings (SSSR count). The van der Waals surface area contributed by atoms with Gasteiger partial charge in [0.2, 0.25) is 0 Å². The first kappa shape index (κ1) is 17.0. The number of hydrogen-bond acceptors (Lipinski definition) is 2. The van der Waals surface area contributed by atoms with Gasteiger partial charge in [0, 0.05) is 16.5 Å². The number of benzene rings is 1. The molecule has 0 aliphatic carbocycles. The number of nitrogens with one attached hydrogen (secondary N) is 1. The molecule has 0 bridgehead atoms. The van der Waals surface area contributed by atoms with Gasteiger partial charge in [-0.1, -0.05) is 15.9 Å². The van der Waals surface area contributed by atoms with E-state index in [1.165, 1.54) is 0 Å². The summed E-state index contributed by atoms with van der Waals surface area (Å²) < 4.78 is 37.9. The Morgan fingerprint density at radius 3 is 2.52 bits per heavy atom. The largest absolute Gasteiger partial charge is 0.480 e. The second-order valence-corrected chi connectivity index (χ2v) is 4.82. The van der Waals surface area contributed by atoms with Crippen LogP contribution in [0.15, 0.2) is 22.7 Å². The highest BCUT2D eigenvalue weighted by molar-refractivity contribution is 9.10. The maximum Gasteiger partial charge on any atom is 0.417 e. The van der Waals surface area contributed by atoms with Crippen molar-refractivity contribution < 1.29 is 27.9 Å². The van der Waals surface area contributed by atoms with E-state index < -0.39 is 29.7 Å². The summed E-state index contributed by atoms with van der Waals surface area (Å²) in [5.74, 6) is -0.247. The summed E-state index contributed by atoms with van der Waals surface area (Å²) in [5, 5.41) is 10.9. The molecule has 0 spiro atoms. The van der Waals surface area contributed by atoms with Crippen LogP contribution in [0.1, 0.15) is 22.3 Å². The van der Waals surface area contributed by atoms with E-state index in [9.17, 15) is 22.8 Å². The Hall–Kier alpha value is -2.01. The topological polar surface area (TPSA) is 66.4 Å². The maximum atomic E-state index is 12.7. The van der Waals surface area contributed by atoms with Gasteiger partial charge < -0.3 is 10.4 Å². The number of halogens is 4. The molecule has 0 aliphatic rings. The molecule has 0 aliphatic heterocycles. The van der Waals surface area contributed by atoms with Crippen LogP contribution in [-0.4, -0.2) is 23.0 Å². The van der Waals surface area contributed by atoms with Crippen molar-refractivity contribution in [2.75, 3.05) is 0 Å². The van der Waals surface area contributed by atoms with Gasteiger partial charge in [-0.3, -0.25) is 4.79 Å². The van der Waals surface area contributed by atoms with E-state index >= 15 is 0 Å². The van der Waals surface area contributed by atoms with Gasteiger partial charge in [0.15, 0.2) is 0 Å². The third-order valence-electron chi connectivity index (χ3n) is 2.46. The molecule has 8 heteroatoms. The predicted octanol–water partition coefficient (Wildman–Crippen LogP) is 2.67. The average Bonchev–Trinajstić information content (AvgIpc) is 2.37. The Labute approximate surface area is 126 Å². The fourth-order valence-electron chi connectivity index (χ4n) is 1.44. The van der Waals surface area contributed by atoms with Crippen molar-refractivity contribution in [3.8, 4) is 12.3 Å². The standard InChI is InChI=1S/C13H9BrF3NO3/c1-2-3-10(12(20)21)18-11(19)7-4-5-9(14)8(6-7)13(15,16)17/h1,4-6,10H,3H2,(H,18,19)(H,20,21). The van der Waals surface area contributed by atoms with Gasteiger partial charge in [-0.25, -0.2) is 4.79 Å². The molecule has 1 aromatic carbocycles. The average molecular weight is 364 g/mol. The van der Waals surface area contributed by atoms with Crippen LogP contribution < -0.4 is 5.32 Å². The lowest BCUT2D eigenvalue weighted by Crippen LogP contribution is -2.40. The maximum absolute atomic E-state index is 12.7. The molecule has 21 heavy (non-hydrogen) atoms. The van der Waals surface area contributed by atoms with Crippen LogP contribution in [0.2, 0.25) is 0 Å². The Kier molecular flexibility index (Phi) is 5.38. The minimum absolute atomic E-state index is 0.218. The summed E-state index contributed by atoms with van der Waals surface area (Å²) in [5.41, 5.74) is -1.34. The number of amides is 1. The third kappa shape index (κ3) is 4.49. The van der Waals surface area contributed by atoms with Gasteiger partial charge in [-0.05, 0) is 18.2 Å². The number of carboxylic acid groups (broad SMARTS) is 1. The quantitative estimate of drug-likeness (QED) is 0.808. The lowest BCUT2D eigenvalue weighted by atomic mass is 10.1. The number of alkyl halides is 3. The zero-order valence-corrected chi connectivity index (χ0v) is 12.0. The van der Waals surface area contributed by atoms with Crippen LogP contribution in [0, 0.1) is 12.3 Å². The molecule has 4 nitrogen and oxygen atoms in total. The van der Waals surface area contributed by atoms with Gasteiger partial charge in [-0.2, -0.15) is 13.2 Å². The molecule has 0 aromatic heterocycles. The molecule has 0 heterocycles. The number of aliphatic carboxylic acids is 1. The number of rotatable bonds is 4. The summed E-state index contributed by atoms with van der Waals surface area (Å²) in [6.45, 7) is 0. The van der Waals surface area contributed by atoms with E-state index in [0.717, 1.165) is 12.1 Å². The molecule has 1 atom stereocenters. The van der Waals surface area contributed by atoms with Crippen LogP contribution >= 0.6 is 15.9 Å². The minimum atomic E-state index is -4.64. The summed E-state index contributed by atoms with van der Waals surface area (Å²) in [6.07, 6.45) is 0.0503. The molecule has 112 valence electrons. The van der Waals surface area contributed by atoms with Crippen molar-refractivity contribution in [2.45, 2.75) is 18.6 Å². The fraction of sp³-hybridized carbons (Fsp3) is 0.231. The van der Waals surface area contributed by atoms with Gasteiger partial charge >= 0.3 is 12.1 Å². The van der Waals surface area contributed by atoms with Crippen molar-refractivity contribution in [2.24, 2.45) is 0 Å². The number of hydrogen-bond donors (Lipinski definition) is 2. The first-order chi connectivity index (χ1) is 9.66. The van der Waals surface area contributed by atoms with Crippen LogP contribution in [0.25, 0.3) is 0 Å². The van der Waals surface area contributed by atoms with Crippen molar-refractivity contribution in [1.82, 2.24) is 5.32 Å². The summed E-state index contributed by atoms with van der Waals surface area (Å²) >= 11 is 2.74. The van der Waals surface area contributed by atoms with E-state index in [1.54, 1.807) is 0 Å². The normalized spacial score (nSPS) is 12.3. The first-order valence-corrected chi connectivity index (χ1v) is 6.30. The van der Waals surface area contributed by atoms with Crippen LogP contribution in [0.4, 0.5) is 13.2 Å². The van der Waals surface area contributed by atoms with Crippen molar-refractivity contribution in [3.63, 3.8) is 0 Å². The Morgan fingerprint density at radius 1 is 1.43 bits per heavy atom. The molecule has 0 fully saturated rings. The van der Waals surface area contributed by atoms with Crippen molar-refractivity contribution >= 4 is 27.8 Å². The minimum Gasteiger partial charge on any atom is -0.480 e. The predicted molar refractivity (Wildman–Crippen MR) is 71.5 cm³/mol. The second kappa shape index (κ2) is 6.63.